The molecular formula is C35H45N3O11S. The maximum Gasteiger partial charge on any atom is 0.364 e. The zero-order chi connectivity index (χ0) is 36.7. The largest absolute Gasteiger partial charge is 0.516 e. The number of carbonyl (C=O) groups excluding carboxylic acids is 3. The molecule has 0 aromatic heterocycles. The van der Waals surface area contributed by atoms with Crippen LogP contribution in [0.5, 0.6) is 0 Å². The molecule has 2 aromatic carbocycles. The number of rotatable bonds is 18. The average Bonchev–Trinajstić information content (AvgIpc) is 3.11. The molecule has 0 saturated carbocycles. The Labute approximate surface area is 294 Å². The Kier molecular flexibility index (Phi) is 15.9. The van der Waals surface area contributed by atoms with Crippen LogP contribution in [0.2, 0.25) is 0 Å². The van der Waals surface area contributed by atoms with Crippen LogP contribution < -0.4 is 16.0 Å². The molecule has 2 aromatic rings. The molecule has 0 bridgehead atoms. The van der Waals surface area contributed by atoms with Crippen molar-refractivity contribution in [3.63, 3.8) is 0 Å². The summed E-state index contributed by atoms with van der Waals surface area (Å²) in [4.78, 5) is 49.2. The van der Waals surface area contributed by atoms with E-state index in [1.807, 2.05) is 30.3 Å². The predicted octanol–water partition coefficient (Wildman–Crippen LogP) is 1.51. The first-order chi connectivity index (χ1) is 23.9. The van der Waals surface area contributed by atoms with Gasteiger partial charge in [-0.15, -0.1) is 0 Å². The van der Waals surface area contributed by atoms with Crippen molar-refractivity contribution >= 4 is 35.5 Å². The lowest BCUT2D eigenvalue weighted by molar-refractivity contribution is -0.310. The van der Waals surface area contributed by atoms with Crippen LogP contribution in [0.1, 0.15) is 37.0 Å². The molecule has 8 N–H and O–H groups in total. The van der Waals surface area contributed by atoms with Crippen molar-refractivity contribution in [2.45, 2.75) is 62.9 Å². The van der Waals surface area contributed by atoms with E-state index in [0.29, 0.717) is 35.6 Å². The summed E-state index contributed by atoms with van der Waals surface area (Å²) in [5, 5.41) is 59.4. The lowest BCUT2D eigenvalue weighted by atomic mass is 9.88. The van der Waals surface area contributed by atoms with Crippen LogP contribution in [0.25, 0.3) is 11.1 Å². The van der Waals surface area contributed by atoms with Gasteiger partial charge in [0.25, 0.3) is 11.7 Å². The maximum absolute atomic E-state index is 12.8. The van der Waals surface area contributed by atoms with E-state index in [-0.39, 0.29) is 12.5 Å². The van der Waals surface area contributed by atoms with Gasteiger partial charge in [-0.2, -0.15) is 11.8 Å². The Hall–Kier alpha value is -4.25. The number of hydrogen-bond acceptors (Lipinski definition) is 11. The van der Waals surface area contributed by atoms with Crippen LogP contribution in [-0.2, 0) is 23.9 Å². The molecule has 0 spiro atoms. The lowest BCUT2D eigenvalue weighted by Crippen LogP contribution is -2.68. The van der Waals surface area contributed by atoms with Gasteiger partial charge in [0.15, 0.2) is 0 Å². The highest BCUT2D eigenvalue weighted by Crippen LogP contribution is 2.34. The Bertz CT molecular complexity index is 1490. The number of amides is 3. The number of thioether (sulfide) groups is 1. The van der Waals surface area contributed by atoms with Gasteiger partial charge in [0.1, 0.15) is 12.2 Å². The van der Waals surface area contributed by atoms with Crippen molar-refractivity contribution < 1.29 is 54.2 Å². The fourth-order valence-corrected chi connectivity index (χ4v) is 5.95. The molecule has 50 heavy (non-hydrogen) atoms. The van der Waals surface area contributed by atoms with E-state index in [2.05, 4.69) is 16.0 Å². The van der Waals surface area contributed by atoms with Crippen LogP contribution in [0.15, 0.2) is 78.6 Å². The van der Waals surface area contributed by atoms with E-state index in [1.54, 1.807) is 31.2 Å². The minimum Gasteiger partial charge on any atom is -0.516 e. The van der Waals surface area contributed by atoms with E-state index in [9.17, 15) is 39.6 Å². The van der Waals surface area contributed by atoms with Gasteiger partial charge in [0.05, 0.1) is 31.1 Å². The average molecular weight is 716 g/mol. The van der Waals surface area contributed by atoms with Crippen LogP contribution >= 0.6 is 11.8 Å². The second-order valence-electron chi connectivity index (χ2n) is 11.6. The van der Waals surface area contributed by atoms with Crippen molar-refractivity contribution in [1.29, 1.82) is 0 Å². The minimum atomic E-state index is -2.41. The summed E-state index contributed by atoms with van der Waals surface area (Å²) in [5.41, 5.74) is 2.59. The number of carboxylic acids is 1. The van der Waals surface area contributed by atoms with E-state index >= 15 is 0 Å². The van der Waals surface area contributed by atoms with E-state index < -0.39 is 67.0 Å². The third kappa shape index (κ3) is 11.7. The molecule has 1 fully saturated rings. The first-order valence-corrected chi connectivity index (χ1v) is 17.2. The molecule has 1 aliphatic rings. The number of benzene rings is 2. The van der Waals surface area contributed by atoms with Gasteiger partial charge in [0.2, 0.25) is 11.8 Å². The van der Waals surface area contributed by atoms with Crippen LogP contribution in [-0.4, -0.2) is 117 Å². The summed E-state index contributed by atoms with van der Waals surface area (Å²) in [6, 6.07) is 15.0. The number of allylic oxidation sites excluding steroid dienone is 2. The van der Waals surface area contributed by atoms with E-state index in [0.717, 1.165) is 17.4 Å². The zero-order valence-corrected chi connectivity index (χ0v) is 28.7. The Balaban J connectivity index is 1.57. The van der Waals surface area contributed by atoms with Gasteiger partial charge in [-0.05, 0) is 48.4 Å². The van der Waals surface area contributed by atoms with Gasteiger partial charge in [-0.25, -0.2) is 4.79 Å². The highest BCUT2D eigenvalue weighted by molar-refractivity contribution is 7.99. The third-order valence-electron chi connectivity index (χ3n) is 7.82. The fraction of sp³-hybridized carbons (Fsp3) is 0.429. The second kappa shape index (κ2) is 19.8. The topological polar surface area (TPSA) is 224 Å². The van der Waals surface area contributed by atoms with Gasteiger partial charge in [0, 0.05) is 43.3 Å². The smallest absolute Gasteiger partial charge is 0.364 e. The molecule has 0 aliphatic carbocycles. The minimum absolute atomic E-state index is 0.108. The summed E-state index contributed by atoms with van der Waals surface area (Å²) < 4.78 is 11.4. The molecular weight excluding hydrogens is 670 g/mol. The first-order valence-electron chi connectivity index (χ1n) is 16.0. The van der Waals surface area contributed by atoms with Crippen molar-refractivity contribution in [3.8, 4) is 11.1 Å². The molecule has 6 atom stereocenters. The van der Waals surface area contributed by atoms with Crippen molar-refractivity contribution in [3.05, 3.63) is 84.1 Å². The summed E-state index contributed by atoms with van der Waals surface area (Å²) in [6.07, 6.45) is -3.33. The molecule has 3 rings (SSSR count). The van der Waals surface area contributed by atoms with Gasteiger partial charge in [-0.1, -0.05) is 48.5 Å². The highest BCUT2D eigenvalue weighted by atomic mass is 32.2. The molecule has 14 nitrogen and oxygen atoms in total. The number of ether oxygens (including phenoxy) is 2. The lowest BCUT2D eigenvalue weighted by Gasteiger charge is -2.46. The summed E-state index contributed by atoms with van der Waals surface area (Å²) in [7, 11) is 0. The molecule has 272 valence electrons. The number of carboxylic acid groups (broad SMARTS) is 1. The predicted molar refractivity (Wildman–Crippen MR) is 186 cm³/mol. The number of aliphatic hydroxyl groups excluding tert-OH is 4. The fourth-order valence-electron chi connectivity index (χ4n) is 5.17. The summed E-state index contributed by atoms with van der Waals surface area (Å²) >= 11 is 1.48. The SMILES string of the molecule is CC(=O)N[C@H]1[C@H]([C@H](O)[C@H](O)CNC(=O)c2ccc(-c3ccccc3)cc2)O[C@@](OCCCSCCNC(=O)/C(C)=C/C=C\O)(C(=O)O)C[C@@H]1O. The maximum atomic E-state index is 12.8. The third-order valence-corrected chi connectivity index (χ3v) is 8.89. The molecule has 1 aliphatic heterocycles. The molecule has 3 amide bonds. The van der Waals surface area contributed by atoms with Gasteiger partial charge in [-0.3, -0.25) is 14.4 Å². The Morgan fingerprint density at radius 2 is 1.70 bits per heavy atom. The molecule has 1 heterocycles. The molecule has 0 radical (unpaired) electrons. The summed E-state index contributed by atoms with van der Waals surface area (Å²) in [5.74, 6) is -4.30. The van der Waals surface area contributed by atoms with Gasteiger partial charge < -0.3 is 51.0 Å². The van der Waals surface area contributed by atoms with Crippen molar-refractivity contribution in [2.75, 3.05) is 31.2 Å². The standard InChI is InChI=1S/C35H45N3O11S/c1-22(8-6-16-39)32(44)36-15-19-50-18-7-17-48-35(34(46)47)20-27(41)29(38-23(2)40)31(49-35)30(43)28(42)21-37-33(45)26-13-11-25(12-14-26)24-9-4-3-5-10-24/h3-6,8-14,16,27-31,39,41-43H,7,15,17-21H2,1-2H3,(H,36,44)(H,37,45)(H,38,40)(H,46,47)/b16-6-,22-8+/t27-,28+,29+,30+,31+,35+/m0/s1. The Morgan fingerprint density at radius 1 is 1.02 bits per heavy atom. The van der Waals surface area contributed by atoms with E-state index in [4.69, 9.17) is 14.6 Å². The zero-order valence-electron chi connectivity index (χ0n) is 27.9. The second-order valence-corrected chi connectivity index (χ2v) is 12.8. The van der Waals surface area contributed by atoms with Crippen molar-refractivity contribution in [1.82, 2.24) is 16.0 Å². The molecule has 1 saturated heterocycles. The molecule has 15 heteroatoms. The van der Waals surface area contributed by atoms with Crippen LogP contribution in [0.3, 0.4) is 0 Å². The highest BCUT2D eigenvalue weighted by Gasteiger charge is 2.55. The van der Waals surface area contributed by atoms with Crippen LogP contribution in [0, 0.1) is 0 Å². The van der Waals surface area contributed by atoms with Crippen LogP contribution in [0.4, 0.5) is 0 Å². The number of nitrogens with one attached hydrogen (secondary N) is 3. The Morgan fingerprint density at radius 3 is 2.34 bits per heavy atom. The number of carbonyl (C=O) groups is 4. The number of aliphatic hydroxyl groups is 4. The molecule has 0 unspecified atom stereocenters. The number of aliphatic carboxylic acids is 1. The summed E-state index contributed by atoms with van der Waals surface area (Å²) in [6.45, 7) is 2.58. The van der Waals surface area contributed by atoms with E-state index in [1.165, 1.54) is 30.8 Å². The quantitative estimate of drug-likeness (QED) is 0.0476. The monoisotopic (exact) mass is 715 g/mol. The first kappa shape index (κ1) is 40.2. The van der Waals surface area contributed by atoms with Gasteiger partial charge >= 0.3 is 5.97 Å². The van der Waals surface area contributed by atoms with Crippen molar-refractivity contribution in [2.24, 2.45) is 0 Å². The normalized spacial score (nSPS) is 22.0. The number of hydrogen-bond donors (Lipinski definition) is 8.